The number of halogens is 4. The topological polar surface area (TPSA) is 113 Å². The monoisotopic (exact) mass is 391 g/mol. The van der Waals surface area contributed by atoms with Gasteiger partial charge in [-0.2, -0.15) is 18.2 Å². The summed E-state index contributed by atoms with van der Waals surface area (Å²) in [7, 11) is 0. The Labute approximate surface area is 150 Å². The molecule has 0 aliphatic heterocycles. The maximum Gasteiger partial charge on any atom is 0.433 e. The van der Waals surface area contributed by atoms with Gasteiger partial charge in [0.1, 0.15) is 11.5 Å². The van der Waals surface area contributed by atoms with Gasteiger partial charge in [0.25, 0.3) is 5.69 Å². The highest BCUT2D eigenvalue weighted by molar-refractivity contribution is 6.31. The van der Waals surface area contributed by atoms with Crippen molar-refractivity contribution in [3.8, 4) is 0 Å². The minimum absolute atomic E-state index is 0.129. The Morgan fingerprint density at radius 1 is 1.35 bits per heavy atom. The molecule has 1 aromatic heterocycles. The Hall–Kier alpha value is -2.66. The molecule has 12 heteroatoms. The number of hydrogen-bond donors (Lipinski definition) is 3. The van der Waals surface area contributed by atoms with Crippen molar-refractivity contribution in [3.05, 3.63) is 45.1 Å². The van der Waals surface area contributed by atoms with Gasteiger partial charge in [-0.05, 0) is 19.1 Å². The fourth-order valence-corrected chi connectivity index (χ4v) is 2.06. The lowest BCUT2D eigenvalue weighted by molar-refractivity contribution is -0.383. The molecule has 0 amide bonds. The molecule has 8 nitrogen and oxygen atoms in total. The molecular weight excluding hydrogens is 379 g/mol. The van der Waals surface area contributed by atoms with Crippen LogP contribution in [0, 0.1) is 10.1 Å². The predicted molar refractivity (Wildman–Crippen MR) is 88.6 cm³/mol. The first-order chi connectivity index (χ1) is 12.1. The molecule has 26 heavy (non-hydrogen) atoms. The Kier molecular flexibility index (Phi) is 5.83. The van der Waals surface area contributed by atoms with Crippen LogP contribution >= 0.6 is 11.6 Å². The van der Waals surface area contributed by atoms with E-state index < -0.39 is 28.8 Å². The summed E-state index contributed by atoms with van der Waals surface area (Å²) in [6.07, 6.45) is -4.77. The smallest absolute Gasteiger partial charge is 0.394 e. The van der Waals surface area contributed by atoms with E-state index >= 15 is 0 Å². The molecule has 3 N–H and O–H groups in total. The molecule has 0 saturated heterocycles. The summed E-state index contributed by atoms with van der Waals surface area (Å²) >= 11 is 5.80. The summed E-state index contributed by atoms with van der Waals surface area (Å²) in [6.45, 7) is 1.15. The molecular formula is C14H13ClF3N5O3. The summed E-state index contributed by atoms with van der Waals surface area (Å²) in [6, 6.07) is 3.59. The first-order valence-corrected chi connectivity index (χ1v) is 7.52. The standard InChI is InChI=1S/C14H13ClF3N5O3/c1-7(6-24)19-13-21-11(14(16,17)18)5-12(22-13)20-9-4-8(15)2-3-10(9)23(25)26/h2-5,7,24H,6H2,1H3,(H2,19,20,21,22)/t7-/m0/s1. The number of hydrogen-bond acceptors (Lipinski definition) is 7. The fourth-order valence-electron chi connectivity index (χ4n) is 1.89. The summed E-state index contributed by atoms with van der Waals surface area (Å²) < 4.78 is 39.2. The Balaban J connectivity index is 2.47. The van der Waals surface area contributed by atoms with Crippen LogP contribution in [0.1, 0.15) is 12.6 Å². The molecule has 140 valence electrons. The van der Waals surface area contributed by atoms with Crippen molar-refractivity contribution in [2.45, 2.75) is 19.1 Å². The Bertz CT molecular complexity index is 819. The molecule has 0 aliphatic rings. The van der Waals surface area contributed by atoms with Gasteiger partial charge < -0.3 is 15.7 Å². The largest absolute Gasteiger partial charge is 0.433 e. The molecule has 0 bridgehead atoms. The van der Waals surface area contributed by atoms with E-state index in [4.69, 9.17) is 16.7 Å². The van der Waals surface area contributed by atoms with Crippen LogP contribution in [-0.2, 0) is 6.18 Å². The van der Waals surface area contributed by atoms with E-state index in [2.05, 4.69) is 20.6 Å². The fraction of sp³-hybridized carbons (Fsp3) is 0.286. The SMILES string of the molecule is C[C@@H](CO)Nc1nc(Nc2cc(Cl)ccc2[N+](=O)[O-])cc(C(F)(F)F)n1. The summed E-state index contributed by atoms with van der Waals surface area (Å²) in [4.78, 5) is 17.6. The average molecular weight is 392 g/mol. The molecule has 1 heterocycles. The maximum atomic E-state index is 13.1. The van der Waals surface area contributed by atoms with Crippen LogP contribution in [-0.4, -0.2) is 32.6 Å². The van der Waals surface area contributed by atoms with Crippen LogP contribution in [0.15, 0.2) is 24.3 Å². The lowest BCUT2D eigenvalue weighted by Crippen LogP contribution is -2.22. The van der Waals surface area contributed by atoms with E-state index in [1.54, 1.807) is 0 Å². The van der Waals surface area contributed by atoms with Gasteiger partial charge in [-0.15, -0.1) is 0 Å². The lowest BCUT2D eigenvalue weighted by atomic mass is 10.2. The van der Waals surface area contributed by atoms with Gasteiger partial charge in [0, 0.05) is 23.2 Å². The number of nitrogens with zero attached hydrogens (tertiary/aromatic N) is 3. The van der Waals surface area contributed by atoms with Crippen molar-refractivity contribution in [1.29, 1.82) is 0 Å². The summed E-state index contributed by atoms with van der Waals surface area (Å²) in [5.41, 5.74) is -1.78. The number of nitro groups is 1. The highest BCUT2D eigenvalue weighted by atomic mass is 35.5. The molecule has 1 aromatic carbocycles. The molecule has 1 atom stereocenters. The van der Waals surface area contributed by atoms with Gasteiger partial charge in [0.05, 0.1) is 11.5 Å². The van der Waals surface area contributed by atoms with Crippen LogP contribution < -0.4 is 10.6 Å². The van der Waals surface area contributed by atoms with E-state index in [9.17, 15) is 23.3 Å². The maximum absolute atomic E-state index is 13.1. The van der Waals surface area contributed by atoms with Crippen LogP contribution in [0.5, 0.6) is 0 Å². The third-order valence-corrected chi connectivity index (χ3v) is 3.32. The molecule has 0 radical (unpaired) electrons. The van der Waals surface area contributed by atoms with Crippen LogP contribution in [0.2, 0.25) is 5.02 Å². The van der Waals surface area contributed by atoms with E-state index in [0.717, 1.165) is 6.07 Å². The zero-order valence-electron chi connectivity index (χ0n) is 13.2. The number of nitro benzene ring substituents is 1. The highest BCUT2D eigenvalue weighted by Gasteiger charge is 2.34. The Morgan fingerprint density at radius 3 is 2.62 bits per heavy atom. The number of nitrogens with one attached hydrogen (secondary N) is 2. The first kappa shape index (κ1) is 19.7. The summed E-state index contributed by atoms with van der Waals surface area (Å²) in [5, 5.41) is 25.2. The molecule has 0 unspecified atom stereocenters. The van der Waals surface area contributed by atoms with Crippen LogP contribution in [0.25, 0.3) is 0 Å². The van der Waals surface area contributed by atoms with E-state index in [1.807, 2.05) is 0 Å². The highest BCUT2D eigenvalue weighted by Crippen LogP contribution is 2.33. The van der Waals surface area contributed by atoms with Crippen molar-refractivity contribution in [2.75, 3.05) is 17.2 Å². The van der Waals surface area contributed by atoms with Gasteiger partial charge in [-0.25, -0.2) is 4.98 Å². The average Bonchev–Trinajstić information content (AvgIpc) is 2.53. The number of rotatable bonds is 6. The molecule has 0 saturated carbocycles. The Morgan fingerprint density at radius 2 is 2.04 bits per heavy atom. The van der Waals surface area contributed by atoms with Crippen molar-refractivity contribution < 1.29 is 23.2 Å². The van der Waals surface area contributed by atoms with Crippen molar-refractivity contribution >= 4 is 34.7 Å². The third kappa shape index (κ3) is 4.92. The van der Waals surface area contributed by atoms with E-state index in [-0.39, 0.29) is 28.8 Å². The van der Waals surface area contributed by atoms with Crippen molar-refractivity contribution in [2.24, 2.45) is 0 Å². The van der Waals surface area contributed by atoms with Gasteiger partial charge >= 0.3 is 6.18 Å². The predicted octanol–water partition coefficient (Wildman–Crippen LogP) is 3.59. The number of aliphatic hydroxyl groups excluding tert-OH is 1. The third-order valence-electron chi connectivity index (χ3n) is 3.08. The van der Waals surface area contributed by atoms with Crippen LogP contribution in [0.3, 0.4) is 0 Å². The zero-order chi connectivity index (χ0) is 19.5. The van der Waals surface area contributed by atoms with E-state index in [1.165, 1.54) is 19.1 Å². The minimum Gasteiger partial charge on any atom is -0.394 e. The number of benzene rings is 1. The van der Waals surface area contributed by atoms with Gasteiger partial charge in [0.15, 0.2) is 5.69 Å². The first-order valence-electron chi connectivity index (χ1n) is 7.14. The normalized spacial score (nSPS) is 12.5. The molecule has 2 aromatic rings. The quantitative estimate of drug-likeness (QED) is 0.509. The second-order valence-corrected chi connectivity index (χ2v) is 5.67. The number of anilines is 3. The molecule has 0 fully saturated rings. The molecule has 0 spiro atoms. The zero-order valence-corrected chi connectivity index (χ0v) is 14.0. The number of alkyl halides is 3. The van der Waals surface area contributed by atoms with Crippen molar-refractivity contribution in [1.82, 2.24) is 9.97 Å². The van der Waals surface area contributed by atoms with Gasteiger partial charge in [-0.1, -0.05) is 11.6 Å². The minimum atomic E-state index is -4.77. The lowest BCUT2D eigenvalue weighted by Gasteiger charge is -2.15. The second kappa shape index (κ2) is 7.70. The van der Waals surface area contributed by atoms with Crippen molar-refractivity contribution in [3.63, 3.8) is 0 Å². The second-order valence-electron chi connectivity index (χ2n) is 5.23. The van der Waals surface area contributed by atoms with Gasteiger partial charge in [0.2, 0.25) is 5.95 Å². The summed E-state index contributed by atoms with van der Waals surface area (Å²) in [5.74, 6) is -0.723. The number of aliphatic hydroxyl groups is 1. The van der Waals surface area contributed by atoms with E-state index in [0.29, 0.717) is 6.07 Å². The number of aromatic nitrogens is 2. The molecule has 2 rings (SSSR count). The molecule has 0 aliphatic carbocycles. The van der Waals surface area contributed by atoms with Gasteiger partial charge in [-0.3, -0.25) is 10.1 Å². The van der Waals surface area contributed by atoms with Crippen LogP contribution in [0.4, 0.5) is 36.3 Å².